The molecule has 0 bridgehead atoms. The van der Waals surface area contributed by atoms with Crippen LogP contribution in [-0.4, -0.2) is 11.5 Å². The maximum Gasteiger partial charge on any atom is 0.146 e. The number of aliphatic imine (C=N–C) groups is 1. The first-order valence-corrected chi connectivity index (χ1v) is 19.7. The molecule has 3 nitrogen and oxygen atoms in total. The van der Waals surface area contributed by atoms with Crippen LogP contribution in [0.5, 0.6) is 0 Å². The average molecular weight is 748 g/mol. The molecule has 1 atom stereocenters. The molecule has 8 rings (SSSR count). The molecular formula is C55H45N3. The highest BCUT2D eigenvalue weighted by Gasteiger charge is 2.18. The van der Waals surface area contributed by atoms with Gasteiger partial charge in [-0.1, -0.05) is 189 Å². The van der Waals surface area contributed by atoms with E-state index in [1.54, 1.807) is 0 Å². The number of rotatable bonds is 11. The molecule has 0 amide bonds. The normalized spacial score (nSPS) is 11.8. The number of hydrogen-bond donors (Lipinski definition) is 2. The van der Waals surface area contributed by atoms with E-state index in [0.29, 0.717) is 5.84 Å². The first-order valence-electron chi connectivity index (χ1n) is 19.7. The van der Waals surface area contributed by atoms with Crippen molar-refractivity contribution in [2.45, 2.75) is 20.0 Å². The summed E-state index contributed by atoms with van der Waals surface area (Å²) >= 11 is 0. The van der Waals surface area contributed by atoms with Gasteiger partial charge in [-0.2, -0.15) is 0 Å². The number of hydrogen-bond acceptors (Lipinski definition) is 2. The van der Waals surface area contributed by atoms with Crippen molar-refractivity contribution >= 4 is 17.6 Å². The molecule has 0 aromatic heterocycles. The summed E-state index contributed by atoms with van der Waals surface area (Å²) in [6.07, 6.45) is 1.49. The number of amidine groups is 1. The van der Waals surface area contributed by atoms with Crippen molar-refractivity contribution < 1.29 is 0 Å². The fraction of sp³-hybridized carbons (Fsp3) is 0.0545. The summed E-state index contributed by atoms with van der Waals surface area (Å²) in [6, 6.07) is 69.8. The Balaban J connectivity index is 1.14. The number of aryl methyl sites for hydroxylation is 1. The summed E-state index contributed by atoms with van der Waals surface area (Å²) in [4.78, 5) is 5.08. The summed E-state index contributed by atoms with van der Waals surface area (Å²) in [5, 5.41) is 12.8. The van der Waals surface area contributed by atoms with Gasteiger partial charge in [-0.15, -0.1) is 0 Å². The Morgan fingerprint density at radius 2 is 1.03 bits per heavy atom. The molecule has 0 radical (unpaired) electrons. The van der Waals surface area contributed by atoms with E-state index in [-0.39, 0.29) is 0 Å². The van der Waals surface area contributed by atoms with Gasteiger partial charge in [0.2, 0.25) is 0 Å². The predicted octanol–water partition coefficient (Wildman–Crippen LogP) is 14.1. The second kappa shape index (κ2) is 17.2. The van der Waals surface area contributed by atoms with Gasteiger partial charge in [0.1, 0.15) is 12.0 Å². The van der Waals surface area contributed by atoms with E-state index < -0.39 is 6.17 Å². The molecular weight excluding hydrogens is 703 g/mol. The summed E-state index contributed by atoms with van der Waals surface area (Å²) in [5.74, 6) is 0.300. The van der Waals surface area contributed by atoms with Gasteiger partial charge in [0.15, 0.2) is 0 Å². The van der Waals surface area contributed by atoms with E-state index in [1.807, 2.05) is 67.6 Å². The molecule has 0 spiro atoms. The van der Waals surface area contributed by atoms with Crippen LogP contribution >= 0.6 is 0 Å². The third-order valence-electron chi connectivity index (χ3n) is 10.7. The van der Waals surface area contributed by atoms with E-state index in [4.69, 9.17) is 4.99 Å². The van der Waals surface area contributed by atoms with Crippen LogP contribution in [0.15, 0.2) is 212 Å². The monoisotopic (exact) mass is 747 g/mol. The van der Waals surface area contributed by atoms with Crippen LogP contribution in [0.3, 0.4) is 0 Å². The van der Waals surface area contributed by atoms with Crippen molar-refractivity contribution in [3.05, 3.63) is 235 Å². The highest BCUT2D eigenvalue weighted by atomic mass is 15.1. The van der Waals surface area contributed by atoms with Crippen LogP contribution in [0.4, 0.5) is 0 Å². The van der Waals surface area contributed by atoms with Gasteiger partial charge in [0.25, 0.3) is 0 Å². The first kappa shape index (κ1) is 37.6. The van der Waals surface area contributed by atoms with Crippen LogP contribution in [0.25, 0.3) is 61.7 Å². The minimum Gasteiger partial charge on any atom is -0.345 e. The molecule has 280 valence electrons. The Bertz CT molecular complexity index is 2660. The standard InChI is InChI=1S/C55H45N3/c1-4-40-26-17-27-51(45-32-30-44(31-33-45)50-35-48(42-20-11-6-12-21-42)34-49(36-50)43-22-13-7-14-23-43)53(40)52-37-47(29-28-38(52)2)54(56)58-55(46-24-15-8-16-25-46)57-39(3)41-18-9-5-10-19-41/h4-37,55H,1H2,2-3H3,(H2,56,58)/b57-39+. The quantitative estimate of drug-likeness (QED) is 0.100. The summed E-state index contributed by atoms with van der Waals surface area (Å²) < 4.78 is 0. The van der Waals surface area contributed by atoms with Crippen molar-refractivity contribution in [3.63, 3.8) is 0 Å². The Hall–Kier alpha value is -7.36. The Morgan fingerprint density at radius 1 is 0.517 bits per heavy atom. The maximum absolute atomic E-state index is 9.35. The largest absolute Gasteiger partial charge is 0.345 e. The van der Waals surface area contributed by atoms with E-state index in [0.717, 1.165) is 61.3 Å². The fourth-order valence-electron chi connectivity index (χ4n) is 7.55. The van der Waals surface area contributed by atoms with Crippen LogP contribution in [0.1, 0.15) is 40.9 Å². The molecule has 0 aliphatic carbocycles. The highest BCUT2D eigenvalue weighted by Crippen LogP contribution is 2.39. The summed E-state index contributed by atoms with van der Waals surface area (Å²) in [6.45, 7) is 8.37. The van der Waals surface area contributed by atoms with Crippen molar-refractivity contribution in [1.29, 1.82) is 5.41 Å². The molecule has 0 heterocycles. The highest BCUT2D eigenvalue weighted by molar-refractivity contribution is 6.01. The fourth-order valence-corrected chi connectivity index (χ4v) is 7.55. The smallest absolute Gasteiger partial charge is 0.146 e. The average Bonchev–Trinajstić information content (AvgIpc) is 3.29. The lowest BCUT2D eigenvalue weighted by Crippen LogP contribution is -2.28. The second-order valence-corrected chi connectivity index (χ2v) is 14.5. The van der Waals surface area contributed by atoms with Gasteiger partial charge in [-0.25, -0.2) is 0 Å². The minimum absolute atomic E-state index is 0.300. The first-order chi connectivity index (χ1) is 28.4. The molecule has 0 saturated carbocycles. The van der Waals surface area contributed by atoms with Crippen LogP contribution < -0.4 is 5.32 Å². The van der Waals surface area contributed by atoms with E-state index in [1.165, 1.54) is 27.8 Å². The second-order valence-electron chi connectivity index (χ2n) is 14.5. The molecule has 1 unspecified atom stereocenters. The zero-order valence-corrected chi connectivity index (χ0v) is 32.9. The van der Waals surface area contributed by atoms with Gasteiger partial charge in [0.05, 0.1) is 0 Å². The van der Waals surface area contributed by atoms with Crippen LogP contribution in [0.2, 0.25) is 0 Å². The molecule has 0 aliphatic rings. The van der Waals surface area contributed by atoms with E-state index in [9.17, 15) is 5.41 Å². The molecule has 58 heavy (non-hydrogen) atoms. The Kier molecular flexibility index (Phi) is 11.1. The number of benzene rings is 8. The van der Waals surface area contributed by atoms with Gasteiger partial charge in [-0.05, 0) is 116 Å². The van der Waals surface area contributed by atoms with Crippen molar-refractivity contribution in [2.24, 2.45) is 4.99 Å². The molecule has 3 heteroatoms. The summed E-state index contributed by atoms with van der Waals surface area (Å²) in [5.41, 5.74) is 17.3. The number of nitrogens with one attached hydrogen (secondary N) is 2. The zero-order chi connectivity index (χ0) is 39.8. The van der Waals surface area contributed by atoms with Gasteiger partial charge in [-0.3, -0.25) is 10.4 Å². The molecule has 8 aromatic carbocycles. The van der Waals surface area contributed by atoms with Crippen LogP contribution in [-0.2, 0) is 0 Å². The third-order valence-corrected chi connectivity index (χ3v) is 10.7. The zero-order valence-electron chi connectivity index (χ0n) is 32.9. The number of nitrogens with zero attached hydrogens (tertiary/aromatic N) is 1. The van der Waals surface area contributed by atoms with Crippen molar-refractivity contribution in [3.8, 4) is 55.6 Å². The van der Waals surface area contributed by atoms with Gasteiger partial charge >= 0.3 is 0 Å². The lowest BCUT2D eigenvalue weighted by atomic mass is 9.87. The lowest BCUT2D eigenvalue weighted by molar-refractivity contribution is 0.682. The SMILES string of the molecule is C=Cc1cccc(-c2ccc(-c3cc(-c4ccccc4)cc(-c4ccccc4)c3)cc2)c1-c1cc(C(=N)NC(/N=C(\C)c2ccccc2)c2ccccc2)ccc1C. The minimum atomic E-state index is -0.439. The van der Waals surface area contributed by atoms with Gasteiger partial charge < -0.3 is 5.32 Å². The molecule has 0 fully saturated rings. The van der Waals surface area contributed by atoms with E-state index >= 15 is 0 Å². The van der Waals surface area contributed by atoms with Crippen molar-refractivity contribution in [2.75, 3.05) is 0 Å². The predicted molar refractivity (Wildman–Crippen MR) is 246 cm³/mol. The topological polar surface area (TPSA) is 48.2 Å². The van der Waals surface area contributed by atoms with E-state index in [2.05, 4.69) is 164 Å². The van der Waals surface area contributed by atoms with Crippen LogP contribution in [0, 0.1) is 12.3 Å². The Morgan fingerprint density at radius 3 is 1.60 bits per heavy atom. The summed E-state index contributed by atoms with van der Waals surface area (Å²) in [7, 11) is 0. The van der Waals surface area contributed by atoms with Gasteiger partial charge in [0, 0.05) is 11.3 Å². The third kappa shape index (κ3) is 8.26. The molecule has 0 saturated heterocycles. The molecule has 2 N–H and O–H groups in total. The maximum atomic E-state index is 9.35. The molecule has 8 aromatic rings. The Labute approximate surface area is 342 Å². The molecule has 0 aliphatic heterocycles. The van der Waals surface area contributed by atoms with Crippen molar-refractivity contribution in [1.82, 2.24) is 5.32 Å². The lowest BCUT2D eigenvalue weighted by Gasteiger charge is -2.20.